The van der Waals surface area contributed by atoms with Crippen LogP contribution in [0.4, 0.5) is 0 Å². The second-order valence-electron chi connectivity index (χ2n) is 6.22. The van der Waals surface area contributed by atoms with Crippen LogP contribution in [0, 0.1) is 5.92 Å². The van der Waals surface area contributed by atoms with Crippen LogP contribution in [0.25, 0.3) is 0 Å². The lowest BCUT2D eigenvalue weighted by Crippen LogP contribution is -2.16. The van der Waals surface area contributed by atoms with Crippen molar-refractivity contribution in [2.24, 2.45) is 5.92 Å². The molecule has 0 amide bonds. The van der Waals surface area contributed by atoms with Gasteiger partial charge in [0.2, 0.25) is 0 Å². The van der Waals surface area contributed by atoms with Crippen molar-refractivity contribution in [3.8, 4) is 5.75 Å². The van der Waals surface area contributed by atoms with Crippen molar-refractivity contribution in [3.63, 3.8) is 0 Å². The molecular weight excluding hydrogens is 324 g/mol. The molecule has 1 saturated heterocycles. The molecule has 2 aromatic carbocycles. The smallest absolute Gasteiger partial charge is 0.311 e. The van der Waals surface area contributed by atoms with Crippen LogP contribution in [-0.4, -0.2) is 25.9 Å². The van der Waals surface area contributed by atoms with E-state index in [1.165, 1.54) is 0 Å². The number of sulfone groups is 1. The average Bonchev–Trinajstić information content (AvgIpc) is 2.89. The van der Waals surface area contributed by atoms with Gasteiger partial charge >= 0.3 is 5.97 Å². The van der Waals surface area contributed by atoms with Crippen molar-refractivity contribution in [2.75, 3.05) is 11.5 Å². The molecule has 0 spiro atoms. The molecule has 2 aromatic rings. The number of para-hydroxylation sites is 1. The Hall–Kier alpha value is -2.14. The summed E-state index contributed by atoms with van der Waals surface area (Å²) >= 11 is 0. The number of benzene rings is 2. The second kappa shape index (κ2) is 7.18. The van der Waals surface area contributed by atoms with Crippen molar-refractivity contribution in [3.05, 3.63) is 65.7 Å². The summed E-state index contributed by atoms with van der Waals surface area (Å²) < 4.78 is 28.5. The zero-order chi connectivity index (χ0) is 17.0. The molecule has 1 atom stereocenters. The minimum absolute atomic E-state index is 0.0910. The maximum absolute atomic E-state index is 12.2. The van der Waals surface area contributed by atoms with Crippen molar-refractivity contribution < 1.29 is 17.9 Å². The lowest BCUT2D eigenvalue weighted by Gasteiger charge is -2.12. The molecule has 0 unspecified atom stereocenters. The molecule has 126 valence electrons. The van der Waals surface area contributed by atoms with Gasteiger partial charge in [-0.15, -0.1) is 0 Å². The third-order valence-corrected chi connectivity index (χ3v) is 6.05. The molecule has 1 aliphatic rings. The van der Waals surface area contributed by atoms with Gasteiger partial charge in [0.05, 0.1) is 11.5 Å². The van der Waals surface area contributed by atoms with Crippen LogP contribution in [0.2, 0.25) is 0 Å². The molecule has 4 nitrogen and oxygen atoms in total. The number of rotatable bonds is 5. The molecule has 24 heavy (non-hydrogen) atoms. The summed E-state index contributed by atoms with van der Waals surface area (Å²) in [7, 11) is -2.97. The molecule has 0 saturated carbocycles. The zero-order valence-corrected chi connectivity index (χ0v) is 14.2. The molecule has 0 bridgehead atoms. The van der Waals surface area contributed by atoms with Crippen LogP contribution < -0.4 is 4.74 Å². The average molecular weight is 344 g/mol. The monoisotopic (exact) mass is 344 g/mol. The van der Waals surface area contributed by atoms with Crippen molar-refractivity contribution >= 4 is 15.8 Å². The van der Waals surface area contributed by atoms with Gasteiger partial charge in [-0.25, -0.2) is 8.42 Å². The van der Waals surface area contributed by atoms with Gasteiger partial charge in [0.15, 0.2) is 9.84 Å². The number of esters is 1. The lowest BCUT2D eigenvalue weighted by molar-refractivity contribution is -0.135. The van der Waals surface area contributed by atoms with Gasteiger partial charge < -0.3 is 4.74 Å². The van der Waals surface area contributed by atoms with E-state index in [-0.39, 0.29) is 29.8 Å². The zero-order valence-electron chi connectivity index (χ0n) is 13.4. The summed E-state index contributed by atoms with van der Waals surface area (Å²) in [6.07, 6.45) is 1.38. The Kier molecular flexibility index (Phi) is 5.00. The van der Waals surface area contributed by atoms with Gasteiger partial charge in [-0.05, 0) is 29.5 Å². The van der Waals surface area contributed by atoms with Crippen LogP contribution >= 0.6 is 0 Å². The van der Waals surface area contributed by atoms with E-state index in [0.29, 0.717) is 18.6 Å². The van der Waals surface area contributed by atoms with E-state index in [4.69, 9.17) is 4.74 Å². The first-order valence-electron chi connectivity index (χ1n) is 8.05. The Morgan fingerprint density at radius 1 is 1.04 bits per heavy atom. The number of hydrogen-bond acceptors (Lipinski definition) is 4. The predicted molar refractivity (Wildman–Crippen MR) is 92.7 cm³/mol. The largest absolute Gasteiger partial charge is 0.426 e. The van der Waals surface area contributed by atoms with Gasteiger partial charge in [-0.3, -0.25) is 4.79 Å². The van der Waals surface area contributed by atoms with Crippen LogP contribution in [0.3, 0.4) is 0 Å². The highest BCUT2D eigenvalue weighted by molar-refractivity contribution is 7.91. The van der Waals surface area contributed by atoms with Crippen molar-refractivity contribution in [1.29, 1.82) is 0 Å². The topological polar surface area (TPSA) is 60.4 Å². The first-order chi connectivity index (χ1) is 11.5. The summed E-state index contributed by atoms with van der Waals surface area (Å²) in [4.78, 5) is 12.2. The summed E-state index contributed by atoms with van der Waals surface area (Å²) in [5.74, 6) is 0.331. The molecule has 0 aromatic heterocycles. The summed E-state index contributed by atoms with van der Waals surface area (Å²) in [5, 5.41) is 0. The van der Waals surface area contributed by atoms with Gasteiger partial charge in [-0.2, -0.15) is 0 Å². The molecular formula is C19H20O4S. The predicted octanol–water partition coefficient (Wildman–Crippen LogP) is 3.01. The van der Waals surface area contributed by atoms with E-state index < -0.39 is 9.84 Å². The third-order valence-electron chi connectivity index (χ3n) is 4.22. The van der Waals surface area contributed by atoms with E-state index >= 15 is 0 Å². The first kappa shape index (κ1) is 16.7. The maximum Gasteiger partial charge on any atom is 0.311 e. The fourth-order valence-electron chi connectivity index (χ4n) is 3.00. The standard InChI is InChI=1S/C19H20O4S/c20-19(13-16-10-11-24(21,22)14-16)23-18-9-5-4-8-17(18)12-15-6-2-1-3-7-15/h1-9,16H,10-14H2/t16-/m1/s1. The van der Waals surface area contributed by atoms with Gasteiger partial charge in [0, 0.05) is 12.8 Å². The van der Waals surface area contributed by atoms with E-state index in [1.807, 2.05) is 48.5 Å². The maximum atomic E-state index is 12.2. The van der Waals surface area contributed by atoms with Gasteiger partial charge in [0.1, 0.15) is 5.75 Å². The fourth-order valence-corrected chi connectivity index (χ4v) is 4.86. The summed E-state index contributed by atoms with van der Waals surface area (Å²) in [6.45, 7) is 0. The minimum Gasteiger partial charge on any atom is -0.426 e. The Bertz CT molecular complexity index is 812. The molecule has 1 heterocycles. The highest BCUT2D eigenvalue weighted by atomic mass is 32.2. The van der Waals surface area contributed by atoms with Gasteiger partial charge in [0.25, 0.3) is 0 Å². The normalized spacial score (nSPS) is 19.1. The van der Waals surface area contributed by atoms with Crippen LogP contribution in [0.15, 0.2) is 54.6 Å². The van der Waals surface area contributed by atoms with E-state index in [0.717, 1.165) is 11.1 Å². The molecule has 5 heteroatoms. The van der Waals surface area contributed by atoms with Crippen LogP contribution in [-0.2, 0) is 21.1 Å². The number of carbonyl (C=O) groups is 1. The minimum atomic E-state index is -2.97. The first-order valence-corrected chi connectivity index (χ1v) is 9.87. The van der Waals surface area contributed by atoms with Gasteiger partial charge in [-0.1, -0.05) is 48.5 Å². The number of hydrogen-bond donors (Lipinski definition) is 0. The fraction of sp³-hybridized carbons (Fsp3) is 0.316. The second-order valence-corrected chi connectivity index (χ2v) is 8.45. The number of carbonyl (C=O) groups excluding carboxylic acids is 1. The highest BCUT2D eigenvalue weighted by Crippen LogP contribution is 2.25. The lowest BCUT2D eigenvalue weighted by atomic mass is 10.0. The highest BCUT2D eigenvalue weighted by Gasteiger charge is 2.30. The molecule has 3 rings (SSSR count). The molecule has 0 radical (unpaired) electrons. The third kappa shape index (κ3) is 4.45. The Morgan fingerprint density at radius 3 is 2.46 bits per heavy atom. The SMILES string of the molecule is O=C(C[C@H]1CCS(=O)(=O)C1)Oc1ccccc1Cc1ccccc1. The van der Waals surface area contributed by atoms with Crippen molar-refractivity contribution in [2.45, 2.75) is 19.3 Å². The van der Waals surface area contributed by atoms with E-state index in [9.17, 15) is 13.2 Å². The Morgan fingerprint density at radius 2 is 1.75 bits per heavy atom. The Balaban J connectivity index is 1.66. The molecule has 0 N–H and O–H groups in total. The summed E-state index contributed by atoms with van der Waals surface area (Å²) in [6, 6.07) is 17.4. The van der Waals surface area contributed by atoms with Crippen LogP contribution in [0.5, 0.6) is 5.75 Å². The molecule has 1 aliphatic heterocycles. The van der Waals surface area contributed by atoms with E-state index in [1.54, 1.807) is 6.07 Å². The molecule has 1 fully saturated rings. The quantitative estimate of drug-likeness (QED) is 0.618. The number of ether oxygens (including phenoxy) is 1. The van der Waals surface area contributed by atoms with Crippen LogP contribution in [0.1, 0.15) is 24.0 Å². The Labute approximate surface area is 142 Å². The molecule has 0 aliphatic carbocycles. The van der Waals surface area contributed by atoms with Crippen molar-refractivity contribution in [1.82, 2.24) is 0 Å². The van der Waals surface area contributed by atoms with E-state index in [2.05, 4.69) is 0 Å². The summed E-state index contributed by atoms with van der Waals surface area (Å²) in [5.41, 5.74) is 2.08.